The molecule has 7 aromatic carbocycles. The molecule has 6 heteroatoms. The van der Waals surface area contributed by atoms with E-state index in [0.717, 1.165) is 88.4 Å². The minimum Gasteiger partial charge on any atom is -0.309 e. The van der Waals surface area contributed by atoms with Crippen molar-refractivity contribution in [2.24, 2.45) is 0 Å². The highest BCUT2D eigenvalue weighted by Gasteiger charge is 2.20. The maximum atomic E-state index is 10.5. The lowest BCUT2D eigenvalue weighted by molar-refractivity contribution is 1.15. The average molecular weight is 713 g/mol. The summed E-state index contributed by atoms with van der Waals surface area (Å²) in [5.74, 6) is 0. The molecular formula is C50H28N6. The lowest BCUT2D eigenvalue weighted by Gasteiger charge is -2.16. The number of aromatic nitrogens is 3. The maximum absolute atomic E-state index is 10.5. The lowest BCUT2D eigenvalue weighted by atomic mass is 9.99. The van der Waals surface area contributed by atoms with Gasteiger partial charge in [0, 0.05) is 50.8 Å². The van der Waals surface area contributed by atoms with Crippen LogP contribution in [0.4, 0.5) is 0 Å². The Morgan fingerprint density at radius 1 is 0.411 bits per heavy atom. The third-order valence-corrected chi connectivity index (χ3v) is 10.8. The van der Waals surface area contributed by atoms with Crippen LogP contribution in [0.3, 0.4) is 0 Å². The first-order chi connectivity index (χ1) is 27.6. The Bertz CT molecular complexity index is 3330. The third-order valence-electron chi connectivity index (χ3n) is 10.8. The molecule has 56 heavy (non-hydrogen) atoms. The standard InChI is InChI=1S/C50H28N6/c51-28-32-9-13-34(14-10-32)36-18-21-48-43(25-36)40-5-1-3-7-46(40)55(48)39-20-17-38(30-53)42(27-39)45-31-54-24-23-50(45)56-47-8-4-2-6-41(47)44-26-37(19-22-49(44)56)35-15-11-33(29-52)12-16-35/h1-27,31H. The van der Waals surface area contributed by atoms with Crippen molar-refractivity contribution in [3.63, 3.8) is 0 Å². The summed E-state index contributed by atoms with van der Waals surface area (Å²) < 4.78 is 4.53. The summed E-state index contributed by atoms with van der Waals surface area (Å²) in [5, 5.41) is 33.6. The van der Waals surface area contributed by atoms with Crippen molar-refractivity contribution in [1.29, 1.82) is 15.8 Å². The number of hydrogen-bond acceptors (Lipinski definition) is 4. The second-order valence-electron chi connectivity index (χ2n) is 13.8. The van der Waals surface area contributed by atoms with Gasteiger partial charge in [0.05, 0.1) is 62.7 Å². The fourth-order valence-corrected chi connectivity index (χ4v) is 8.10. The minimum atomic E-state index is 0.552. The monoisotopic (exact) mass is 712 g/mol. The summed E-state index contributed by atoms with van der Waals surface area (Å²) in [7, 11) is 0. The Morgan fingerprint density at radius 3 is 1.50 bits per heavy atom. The second kappa shape index (κ2) is 13.0. The number of nitrogens with zero attached hydrogens (tertiary/aromatic N) is 6. The summed E-state index contributed by atoms with van der Waals surface area (Å²) in [4.78, 5) is 4.61. The Kier molecular flexibility index (Phi) is 7.53. The molecule has 0 bridgehead atoms. The molecule has 0 spiro atoms. The molecule has 0 saturated carbocycles. The molecule has 0 atom stereocenters. The molecule has 0 aliphatic carbocycles. The van der Waals surface area contributed by atoms with E-state index in [4.69, 9.17) is 0 Å². The Labute approximate surface area is 322 Å². The van der Waals surface area contributed by atoms with Gasteiger partial charge in [-0.1, -0.05) is 72.8 Å². The Hall–Kier alpha value is -8.24. The second-order valence-corrected chi connectivity index (χ2v) is 13.8. The SMILES string of the molecule is N#Cc1ccc(-c2ccc3c(c2)c2ccccc2n3-c2ccc(C#N)c(-c3cnccc3-n3c4ccccc4c4cc(-c5ccc(C#N)cc5)ccc43)c2)cc1. The smallest absolute Gasteiger partial charge is 0.0998 e. The number of fused-ring (bicyclic) bond motifs is 6. The molecule has 258 valence electrons. The lowest BCUT2D eigenvalue weighted by Crippen LogP contribution is -2.01. The van der Waals surface area contributed by atoms with Crippen molar-refractivity contribution in [3.05, 3.63) is 187 Å². The zero-order valence-electron chi connectivity index (χ0n) is 29.8. The molecule has 3 heterocycles. The molecule has 0 N–H and O–H groups in total. The van der Waals surface area contributed by atoms with E-state index in [1.807, 2.05) is 72.9 Å². The molecule has 10 rings (SSSR count). The van der Waals surface area contributed by atoms with E-state index in [9.17, 15) is 15.8 Å². The van der Waals surface area contributed by atoms with E-state index >= 15 is 0 Å². The zero-order valence-corrected chi connectivity index (χ0v) is 29.8. The molecule has 0 radical (unpaired) electrons. The van der Waals surface area contributed by atoms with Gasteiger partial charge >= 0.3 is 0 Å². The highest BCUT2D eigenvalue weighted by molar-refractivity contribution is 6.12. The Morgan fingerprint density at radius 2 is 0.929 bits per heavy atom. The number of para-hydroxylation sites is 2. The average Bonchev–Trinajstić information content (AvgIpc) is 3.78. The molecule has 0 aliphatic rings. The number of pyridine rings is 1. The van der Waals surface area contributed by atoms with Crippen LogP contribution in [0, 0.1) is 34.0 Å². The van der Waals surface area contributed by atoms with Crippen molar-refractivity contribution >= 4 is 43.6 Å². The van der Waals surface area contributed by atoms with Crippen LogP contribution in [0.1, 0.15) is 16.7 Å². The van der Waals surface area contributed by atoms with Gasteiger partial charge < -0.3 is 9.13 Å². The predicted octanol–water partition coefficient (Wildman–Crippen LogP) is 11.9. The molecule has 0 fully saturated rings. The van der Waals surface area contributed by atoms with Gasteiger partial charge in [0.15, 0.2) is 0 Å². The molecule has 0 unspecified atom stereocenters. The van der Waals surface area contributed by atoms with Crippen molar-refractivity contribution in [2.45, 2.75) is 0 Å². The van der Waals surface area contributed by atoms with Gasteiger partial charge in [0.2, 0.25) is 0 Å². The molecule has 10 aromatic rings. The summed E-state index contributed by atoms with van der Waals surface area (Å²) in [6.07, 6.45) is 3.66. The normalized spacial score (nSPS) is 11.2. The van der Waals surface area contributed by atoms with Crippen LogP contribution in [-0.2, 0) is 0 Å². The van der Waals surface area contributed by atoms with Crippen LogP contribution < -0.4 is 0 Å². The van der Waals surface area contributed by atoms with Crippen LogP contribution in [0.15, 0.2) is 170 Å². The first-order valence-electron chi connectivity index (χ1n) is 18.2. The number of nitriles is 3. The van der Waals surface area contributed by atoms with Crippen LogP contribution in [0.25, 0.3) is 88.4 Å². The topological polar surface area (TPSA) is 94.1 Å². The van der Waals surface area contributed by atoms with Crippen LogP contribution in [-0.4, -0.2) is 14.1 Å². The highest BCUT2D eigenvalue weighted by atomic mass is 15.0. The first-order valence-corrected chi connectivity index (χ1v) is 18.2. The fourth-order valence-electron chi connectivity index (χ4n) is 8.10. The molecule has 0 amide bonds. The summed E-state index contributed by atoms with van der Waals surface area (Å²) in [5.41, 5.74) is 13.7. The van der Waals surface area contributed by atoms with Gasteiger partial charge in [-0.2, -0.15) is 15.8 Å². The van der Waals surface area contributed by atoms with E-state index in [1.165, 1.54) is 0 Å². The number of hydrogen-bond donors (Lipinski definition) is 0. The molecule has 0 aliphatic heterocycles. The van der Waals surface area contributed by atoms with Crippen molar-refractivity contribution in [1.82, 2.24) is 14.1 Å². The summed E-state index contributed by atoms with van der Waals surface area (Å²) in [6, 6.07) is 60.1. The van der Waals surface area contributed by atoms with Gasteiger partial charge in [0.25, 0.3) is 0 Å². The summed E-state index contributed by atoms with van der Waals surface area (Å²) >= 11 is 0. The molecule has 0 saturated heterocycles. The van der Waals surface area contributed by atoms with Crippen LogP contribution >= 0.6 is 0 Å². The van der Waals surface area contributed by atoms with E-state index < -0.39 is 0 Å². The van der Waals surface area contributed by atoms with Gasteiger partial charge in [-0.15, -0.1) is 0 Å². The van der Waals surface area contributed by atoms with Gasteiger partial charge in [-0.3, -0.25) is 4.98 Å². The van der Waals surface area contributed by atoms with Crippen LogP contribution in [0.5, 0.6) is 0 Å². The largest absolute Gasteiger partial charge is 0.309 e. The predicted molar refractivity (Wildman–Crippen MR) is 223 cm³/mol. The fraction of sp³-hybridized carbons (Fsp3) is 0. The van der Waals surface area contributed by atoms with Crippen molar-refractivity contribution in [3.8, 4) is 63.0 Å². The molecule has 6 nitrogen and oxygen atoms in total. The van der Waals surface area contributed by atoms with Gasteiger partial charge in [-0.25, -0.2) is 0 Å². The first kappa shape index (κ1) is 32.4. The van der Waals surface area contributed by atoms with Crippen molar-refractivity contribution < 1.29 is 0 Å². The van der Waals surface area contributed by atoms with E-state index in [2.05, 4.69) is 123 Å². The number of rotatable bonds is 5. The zero-order chi connectivity index (χ0) is 37.8. The Balaban J connectivity index is 1.16. The van der Waals surface area contributed by atoms with Crippen molar-refractivity contribution in [2.75, 3.05) is 0 Å². The van der Waals surface area contributed by atoms with Crippen LogP contribution in [0.2, 0.25) is 0 Å². The highest BCUT2D eigenvalue weighted by Crippen LogP contribution is 2.40. The van der Waals surface area contributed by atoms with Gasteiger partial charge in [-0.05, 0) is 107 Å². The third kappa shape index (κ3) is 5.12. The molecular weight excluding hydrogens is 685 g/mol. The quantitative estimate of drug-likeness (QED) is 0.177. The van der Waals surface area contributed by atoms with E-state index in [1.54, 1.807) is 6.20 Å². The minimum absolute atomic E-state index is 0.552. The molecule has 3 aromatic heterocycles. The van der Waals surface area contributed by atoms with Gasteiger partial charge in [0.1, 0.15) is 0 Å². The number of benzene rings is 7. The van der Waals surface area contributed by atoms with E-state index in [0.29, 0.717) is 16.7 Å². The maximum Gasteiger partial charge on any atom is 0.0998 e. The van der Waals surface area contributed by atoms with E-state index in [-0.39, 0.29) is 0 Å². The summed E-state index contributed by atoms with van der Waals surface area (Å²) in [6.45, 7) is 0.